The Kier molecular flexibility index (Phi) is 5.31. The molecule has 1 N–H and O–H groups in total. The summed E-state index contributed by atoms with van der Waals surface area (Å²) >= 11 is 0. The molecule has 0 aliphatic rings. The van der Waals surface area contributed by atoms with Crippen molar-refractivity contribution in [3.8, 4) is 22.9 Å². The Morgan fingerprint density at radius 3 is 2.35 bits per heavy atom. The third kappa shape index (κ3) is 4.28. The summed E-state index contributed by atoms with van der Waals surface area (Å²) < 4.78 is 5.72. The highest BCUT2D eigenvalue weighted by molar-refractivity contribution is 5.94. The van der Waals surface area contributed by atoms with Crippen molar-refractivity contribution in [2.24, 2.45) is 0 Å². The lowest BCUT2D eigenvalue weighted by Crippen LogP contribution is -2.30. The van der Waals surface area contributed by atoms with Gasteiger partial charge in [-0.25, -0.2) is 0 Å². The molecule has 0 bridgehead atoms. The summed E-state index contributed by atoms with van der Waals surface area (Å²) in [6, 6.07) is 26.5. The summed E-state index contributed by atoms with van der Waals surface area (Å²) in [7, 11) is 0. The molecule has 3 aromatic rings. The Bertz CT molecular complexity index is 928. The highest BCUT2D eigenvalue weighted by Gasteiger charge is 2.15. The smallest absolute Gasteiger partial charge is 0.265 e. The van der Waals surface area contributed by atoms with E-state index in [-0.39, 0.29) is 5.91 Å². The van der Waals surface area contributed by atoms with Gasteiger partial charge in [0.2, 0.25) is 0 Å². The van der Waals surface area contributed by atoms with Crippen LogP contribution >= 0.6 is 0 Å². The first-order valence-corrected chi connectivity index (χ1v) is 8.29. The molecule has 1 atom stereocenters. The molecule has 1 amide bonds. The van der Waals surface area contributed by atoms with E-state index in [2.05, 4.69) is 5.32 Å². The SMILES string of the molecule is CC(Oc1ccc(-c2ccccc2)cc1)C(=O)Nc1cccc(C#N)c1. The van der Waals surface area contributed by atoms with Crippen LogP contribution in [-0.4, -0.2) is 12.0 Å². The monoisotopic (exact) mass is 342 g/mol. The van der Waals surface area contributed by atoms with E-state index in [1.54, 1.807) is 31.2 Å². The van der Waals surface area contributed by atoms with E-state index in [4.69, 9.17) is 10.00 Å². The lowest BCUT2D eigenvalue weighted by atomic mass is 10.1. The Morgan fingerprint density at radius 2 is 1.65 bits per heavy atom. The van der Waals surface area contributed by atoms with Gasteiger partial charge in [-0.1, -0.05) is 48.5 Å². The van der Waals surface area contributed by atoms with Crippen LogP contribution in [0.4, 0.5) is 5.69 Å². The van der Waals surface area contributed by atoms with E-state index in [1.807, 2.05) is 60.7 Å². The zero-order valence-corrected chi connectivity index (χ0v) is 14.3. The minimum atomic E-state index is -0.664. The predicted molar refractivity (Wildman–Crippen MR) is 102 cm³/mol. The average molecular weight is 342 g/mol. The molecule has 1 unspecified atom stereocenters. The standard InChI is InChI=1S/C22H18N2O2/c1-16(22(25)24-20-9-5-6-17(14-20)15-23)26-21-12-10-19(11-13-21)18-7-3-2-4-8-18/h2-14,16H,1H3,(H,24,25). The van der Waals surface area contributed by atoms with Crippen molar-refractivity contribution in [1.29, 1.82) is 5.26 Å². The van der Waals surface area contributed by atoms with E-state index in [0.717, 1.165) is 11.1 Å². The molecule has 0 aliphatic carbocycles. The fourth-order valence-electron chi connectivity index (χ4n) is 2.52. The molecule has 3 aromatic carbocycles. The van der Waals surface area contributed by atoms with Crippen LogP contribution in [0.5, 0.6) is 5.75 Å². The van der Waals surface area contributed by atoms with Gasteiger partial charge in [0.1, 0.15) is 5.75 Å². The van der Waals surface area contributed by atoms with Crippen molar-refractivity contribution in [1.82, 2.24) is 0 Å². The second-order valence-electron chi connectivity index (χ2n) is 5.83. The molecule has 0 radical (unpaired) electrons. The van der Waals surface area contributed by atoms with Gasteiger partial charge in [0.15, 0.2) is 6.10 Å². The van der Waals surface area contributed by atoms with Gasteiger partial charge in [-0.05, 0) is 48.4 Å². The number of nitriles is 1. The van der Waals surface area contributed by atoms with Crippen LogP contribution in [-0.2, 0) is 4.79 Å². The van der Waals surface area contributed by atoms with Crippen molar-refractivity contribution in [3.63, 3.8) is 0 Å². The van der Waals surface area contributed by atoms with Crippen molar-refractivity contribution >= 4 is 11.6 Å². The summed E-state index contributed by atoms with van der Waals surface area (Å²) in [4.78, 5) is 12.3. The number of carbonyl (C=O) groups excluding carboxylic acids is 1. The van der Waals surface area contributed by atoms with Crippen LogP contribution in [0.25, 0.3) is 11.1 Å². The lowest BCUT2D eigenvalue weighted by molar-refractivity contribution is -0.122. The van der Waals surface area contributed by atoms with E-state index in [0.29, 0.717) is 17.0 Å². The number of nitrogens with zero attached hydrogens (tertiary/aromatic N) is 1. The first-order chi connectivity index (χ1) is 12.7. The number of anilines is 1. The highest BCUT2D eigenvalue weighted by Crippen LogP contribution is 2.22. The first kappa shape index (κ1) is 17.2. The van der Waals surface area contributed by atoms with E-state index in [9.17, 15) is 4.79 Å². The minimum Gasteiger partial charge on any atom is -0.481 e. The third-order valence-corrected chi connectivity index (χ3v) is 3.90. The largest absolute Gasteiger partial charge is 0.481 e. The molecular formula is C22H18N2O2. The van der Waals surface area contributed by atoms with Gasteiger partial charge in [0, 0.05) is 5.69 Å². The molecular weight excluding hydrogens is 324 g/mol. The van der Waals surface area contributed by atoms with Crippen LogP contribution < -0.4 is 10.1 Å². The molecule has 26 heavy (non-hydrogen) atoms. The summed E-state index contributed by atoms with van der Waals surface area (Å²) in [5.74, 6) is 0.352. The Balaban J connectivity index is 1.63. The molecule has 4 heteroatoms. The molecule has 0 aromatic heterocycles. The molecule has 0 fully saturated rings. The number of benzene rings is 3. The van der Waals surface area contributed by atoms with Gasteiger partial charge in [0.05, 0.1) is 11.6 Å². The number of rotatable bonds is 5. The number of nitrogens with one attached hydrogen (secondary N) is 1. The van der Waals surface area contributed by atoms with Crippen LogP contribution in [0, 0.1) is 11.3 Å². The second kappa shape index (κ2) is 8.00. The van der Waals surface area contributed by atoms with Crippen molar-refractivity contribution in [2.45, 2.75) is 13.0 Å². The van der Waals surface area contributed by atoms with E-state index in [1.165, 1.54) is 0 Å². The minimum absolute atomic E-state index is 0.271. The molecule has 4 nitrogen and oxygen atoms in total. The Labute approximate surface area is 152 Å². The van der Waals surface area contributed by atoms with Gasteiger partial charge >= 0.3 is 0 Å². The van der Waals surface area contributed by atoms with E-state index >= 15 is 0 Å². The molecule has 0 saturated heterocycles. The number of amides is 1. The Hall–Kier alpha value is -3.58. The fraction of sp³-hybridized carbons (Fsp3) is 0.0909. The Morgan fingerprint density at radius 1 is 0.962 bits per heavy atom. The van der Waals surface area contributed by atoms with Gasteiger partial charge in [0.25, 0.3) is 5.91 Å². The zero-order chi connectivity index (χ0) is 18.4. The summed E-state index contributed by atoms with van der Waals surface area (Å²) in [5.41, 5.74) is 3.28. The maximum Gasteiger partial charge on any atom is 0.265 e. The number of hydrogen-bond acceptors (Lipinski definition) is 3. The van der Waals surface area contributed by atoms with Crippen molar-refractivity contribution in [2.75, 3.05) is 5.32 Å². The quantitative estimate of drug-likeness (QED) is 0.735. The maximum atomic E-state index is 12.3. The van der Waals surface area contributed by atoms with Crippen LogP contribution in [0.1, 0.15) is 12.5 Å². The molecule has 0 heterocycles. The summed E-state index contributed by atoms with van der Waals surface area (Å²) in [6.07, 6.45) is -0.664. The molecule has 128 valence electrons. The van der Waals surface area contributed by atoms with Crippen molar-refractivity contribution < 1.29 is 9.53 Å². The second-order valence-corrected chi connectivity index (χ2v) is 5.83. The van der Waals surface area contributed by atoms with E-state index < -0.39 is 6.10 Å². The number of ether oxygens (including phenoxy) is 1. The van der Waals surface area contributed by atoms with Gasteiger partial charge in [-0.15, -0.1) is 0 Å². The van der Waals surface area contributed by atoms with Crippen LogP contribution in [0.3, 0.4) is 0 Å². The number of carbonyl (C=O) groups is 1. The average Bonchev–Trinajstić information content (AvgIpc) is 2.69. The number of hydrogen-bond donors (Lipinski definition) is 1. The first-order valence-electron chi connectivity index (χ1n) is 8.29. The summed E-state index contributed by atoms with van der Waals surface area (Å²) in [6.45, 7) is 1.69. The zero-order valence-electron chi connectivity index (χ0n) is 14.3. The predicted octanol–water partition coefficient (Wildman–Crippen LogP) is 4.63. The molecule has 0 spiro atoms. The van der Waals surface area contributed by atoms with Gasteiger partial charge in [-0.3, -0.25) is 4.79 Å². The third-order valence-electron chi connectivity index (χ3n) is 3.90. The van der Waals surface area contributed by atoms with Crippen LogP contribution in [0.2, 0.25) is 0 Å². The van der Waals surface area contributed by atoms with Crippen molar-refractivity contribution in [3.05, 3.63) is 84.4 Å². The topological polar surface area (TPSA) is 62.1 Å². The fourth-order valence-corrected chi connectivity index (χ4v) is 2.52. The maximum absolute atomic E-state index is 12.3. The summed E-state index contributed by atoms with van der Waals surface area (Å²) in [5, 5.41) is 11.7. The lowest BCUT2D eigenvalue weighted by Gasteiger charge is -2.15. The normalized spacial score (nSPS) is 11.2. The van der Waals surface area contributed by atoms with Gasteiger partial charge < -0.3 is 10.1 Å². The molecule has 0 saturated carbocycles. The van der Waals surface area contributed by atoms with Crippen LogP contribution in [0.15, 0.2) is 78.9 Å². The van der Waals surface area contributed by atoms with Gasteiger partial charge in [-0.2, -0.15) is 5.26 Å². The molecule has 0 aliphatic heterocycles. The highest BCUT2D eigenvalue weighted by atomic mass is 16.5. The molecule has 3 rings (SSSR count).